The first-order valence-electron chi connectivity index (χ1n) is 7.65. The molecule has 2 aromatic carbocycles. The van der Waals surface area contributed by atoms with Crippen LogP contribution < -0.4 is 0 Å². The van der Waals surface area contributed by atoms with Crippen molar-refractivity contribution in [3.63, 3.8) is 0 Å². The van der Waals surface area contributed by atoms with Gasteiger partial charge in [0.25, 0.3) is 0 Å². The van der Waals surface area contributed by atoms with Crippen molar-refractivity contribution in [2.45, 2.75) is 6.54 Å². The number of furan rings is 1. The maximum Gasteiger partial charge on any atom is 0.371 e. The van der Waals surface area contributed by atoms with Crippen LogP contribution in [0.5, 0.6) is 0 Å². The lowest BCUT2D eigenvalue weighted by molar-refractivity contribution is 0.0663. The highest BCUT2D eigenvalue weighted by atomic mass is 19.1. The monoisotopic (exact) mass is 336 g/mol. The SMILES string of the molecule is O=C(O)c1ccc(-c2nn(Cc3ccccc3)c3cc(F)ccc23)o1. The molecule has 2 heterocycles. The summed E-state index contributed by atoms with van der Waals surface area (Å²) in [6, 6.07) is 17.0. The molecule has 0 radical (unpaired) electrons. The molecule has 4 rings (SSSR count). The second kappa shape index (κ2) is 5.90. The first-order chi connectivity index (χ1) is 12.1. The van der Waals surface area contributed by atoms with E-state index in [4.69, 9.17) is 9.52 Å². The molecule has 0 spiro atoms. The first-order valence-corrected chi connectivity index (χ1v) is 7.65. The van der Waals surface area contributed by atoms with E-state index in [-0.39, 0.29) is 11.6 Å². The smallest absolute Gasteiger partial charge is 0.371 e. The van der Waals surface area contributed by atoms with Crippen LogP contribution in [0.1, 0.15) is 16.1 Å². The molecule has 6 heteroatoms. The van der Waals surface area contributed by atoms with Gasteiger partial charge in [-0.1, -0.05) is 30.3 Å². The Bertz CT molecular complexity index is 1070. The Labute approximate surface area is 141 Å². The summed E-state index contributed by atoms with van der Waals surface area (Å²) in [7, 11) is 0. The molecule has 124 valence electrons. The molecule has 0 aliphatic heterocycles. The Morgan fingerprint density at radius 3 is 2.64 bits per heavy atom. The largest absolute Gasteiger partial charge is 0.475 e. The van der Waals surface area contributed by atoms with Gasteiger partial charge >= 0.3 is 5.97 Å². The third-order valence-corrected chi connectivity index (χ3v) is 3.94. The van der Waals surface area contributed by atoms with Crippen LogP contribution >= 0.6 is 0 Å². The van der Waals surface area contributed by atoms with E-state index in [1.165, 1.54) is 18.2 Å². The van der Waals surface area contributed by atoms with E-state index in [1.54, 1.807) is 16.8 Å². The minimum Gasteiger partial charge on any atom is -0.475 e. The summed E-state index contributed by atoms with van der Waals surface area (Å²) >= 11 is 0. The number of halogens is 1. The van der Waals surface area contributed by atoms with Crippen LogP contribution in [-0.4, -0.2) is 20.9 Å². The van der Waals surface area contributed by atoms with E-state index >= 15 is 0 Å². The van der Waals surface area contributed by atoms with Crippen molar-refractivity contribution in [3.8, 4) is 11.5 Å². The minimum atomic E-state index is -1.15. The average Bonchev–Trinajstić information content (AvgIpc) is 3.21. The van der Waals surface area contributed by atoms with Crippen LogP contribution in [0.15, 0.2) is 65.1 Å². The summed E-state index contributed by atoms with van der Waals surface area (Å²) < 4.78 is 20.8. The van der Waals surface area contributed by atoms with Gasteiger partial charge in [-0.2, -0.15) is 5.10 Å². The van der Waals surface area contributed by atoms with Gasteiger partial charge in [-0.3, -0.25) is 4.68 Å². The number of hydrogen-bond acceptors (Lipinski definition) is 3. The third-order valence-electron chi connectivity index (χ3n) is 3.94. The Balaban J connectivity index is 1.86. The minimum absolute atomic E-state index is 0.164. The number of carboxylic acid groups (broad SMARTS) is 1. The molecule has 0 amide bonds. The zero-order valence-electron chi connectivity index (χ0n) is 13.0. The van der Waals surface area contributed by atoms with Crippen LogP contribution in [0.4, 0.5) is 4.39 Å². The topological polar surface area (TPSA) is 68.3 Å². The number of hydrogen-bond donors (Lipinski definition) is 1. The fraction of sp³-hybridized carbons (Fsp3) is 0.0526. The van der Waals surface area contributed by atoms with Crippen LogP contribution in [0.25, 0.3) is 22.4 Å². The van der Waals surface area contributed by atoms with Gasteiger partial charge in [0.05, 0.1) is 12.1 Å². The predicted octanol–water partition coefficient (Wildman–Crippen LogP) is 4.18. The lowest BCUT2D eigenvalue weighted by Crippen LogP contribution is -2.01. The summed E-state index contributed by atoms with van der Waals surface area (Å²) in [6.45, 7) is 0.466. The standard InChI is InChI=1S/C19H13FN2O3/c20-13-6-7-14-15(10-13)22(11-12-4-2-1-3-5-12)21-18(14)16-8-9-17(25-16)19(23)24/h1-10H,11H2,(H,23,24). The fourth-order valence-corrected chi connectivity index (χ4v) is 2.79. The van der Waals surface area contributed by atoms with Crippen molar-refractivity contribution in [2.24, 2.45) is 0 Å². The average molecular weight is 336 g/mol. The number of carbonyl (C=O) groups is 1. The van der Waals surface area contributed by atoms with Gasteiger partial charge in [0.1, 0.15) is 11.5 Å². The summed E-state index contributed by atoms with van der Waals surface area (Å²) in [5.41, 5.74) is 2.12. The summed E-state index contributed by atoms with van der Waals surface area (Å²) in [4.78, 5) is 11.0. The van der Waals surface area contributed by atoms with Gasteiger partial charge in [0, 0.05) is 5.39 Å². The van der Waals surface area contributed by atoms with Crippen molar-refractivity contribution >= 4 is 16.9 Å². The van der Waals surface area contributed by atoms with Crippen molar-refractivity contribution in [1.82, 2.24) is 9.78 Å². The van der Waals surface area contributed by atoms with Crippen molar-refractivity contribution in [3.05, 3.63) is 77.8 Å². The lowest BCUT2D eigenvalue weighted by Gasteiger charge is -2.03. The number of carboxylic acids is 1. The van der Waals surface area contributed by atoms with Gasteiger partial charge in [-0.25, -0.2) is 9.18 Å². The number of fused-ring (bicyclic) bond motifs is 1. The van der Waals surface area contributed by atoms with Gasteiger partial charge in [0.15, 0.2) is 5.76 Å². The van der Waals surface area contributed by atoms with Crippen LogP contribution in [-0.2, 0) is 6.54 Å². The van der Waals surface area contributed by atoms with E-state index < -0.39 is 5.97 Å². The van der Waals surface area contributed by atoms with E-state index in [0.717, 1.165) is 5.56 Å². The maximum absolute atomic E-state index is 13.7. The summed E-state index contributed by atoms with van der Waals surface area (Å²) in [5.74, 6) is -1.34. The zero-order chi connectivity index (χ0) is 17.4. The van der Waals surface area contributed by atoms with Crippen molar-refractivity contribution in [2.75, 3.05) is 0 Å². The van der Waals surface area contributed by atoms with E-state index in [1.807, 2.05) is 30.3 Å². The highest BCUT2D eigenvalue weighted by molar-refractivity contribution is 5.93. The molecule has 1 N–H and O–H groups in total. The molecule has 5 nitrogen and oxygen atoms in total. The molecule has 25 heavy (non-hydrogen) atoms. The molecular formula is C19H13FN2O3. The Hall–Kier alpha value is -3.41. The van der Waals surface area contributed by atoms with Crippen LogP contribution in [0.2, 0.25) is 0 Å². The van der Waals surface area contributed by atoms with E-state index in [9.17, 15) is 9.18 Å². The highest BCUT2D eigenvalue weighted by Gasteiger charge is 2.18. The molecule has 0 saturated heterocycles. The van der Waals surface area contributed by atoms with Crippen LogP contribution in [0.3, 0.4) is 0 Å². The third kappa shape index (κ3) is 2.78. The first kappa shape index (κ1) is 15.1. The molecule has 0 bridgehead atoms. The molecule has 4 aromatic rings. The van der Waals surface area contributed by atoms with Gasteiger partial charge in [-0.05, 0) is 35.9 Å². The number of nitrogens with zero attached hydrogens (tertiary/aromatic N) is 2. The second-order valence-corrected chi connectivity index (χ2v) is 5.62. The Kier molecular flexibility index (Phi) is 3.57. The molecule has 0 aliphatic carbocycles. The molecular weight excluding hydrogens is 323 g/mol. The lowest BCUT2D eigenvalue weighted by atomic mass is 10.1. The molecule has 0 saturated carbocycles. The number of aromatic carboxylic acids is 1. The predicted molar refractivity (Wildman–Crippen MR) is 89.9 cm³/mol. The Morgan fingerprint density at radius 2 is 1.92 bits per heavy atom. The number of benzene rings is 2. The van der Waals surface area contributed by atoms with Crippen molar-refractivity contribution in [1.29, 1.82) is 0 Å². The van der Waals surface area contributed by atoms with Crippen molar-refractivity contribution < 1.29 is 18.7 Å². The molecule has 0 atom stereocenters. The van der Waals surface area contributed by atoms with E-state index in [2.05, 4.69) is 5.10 Å². The molecule has 0 aliphatic rings. The summed E-state index contributed by atoms with van der Waals surface area (Å²) in [6.07, 6.45) is 0. The fourth-order valence-electron chi connectivity index (χ4n) is 2.79. The normalized spacial score (nSPS) is 11.1. The Morgan fingerprint density at radius 1 is 1.12 bits per heavy atom. The van der Waals surface area contributed by atoms with Gasteiger partial charge in [-0.15, -0.1) is 0 Å². The number of rotatable bonds is 4. The molecule has 0 unspecified atom stereocenters. The molecule has 0 fully saturated rings. The van der Waals surface area contributed by atoms with Gasteiger partial charge < -0.3 is 9.52 Å². The second-order valence-electron chi connectivity index (χ2n) is 5.62. The quantitative estimate of drug-likeness (QED) is 0.607. The molecule has 2 aromatic heterocycles. The van der Waals surface area contributed by atoms with Gasteiger partial charge in [0.2, 0.25) is 5.76 Å². The maximum atomic E-state index is 13.7. The van der Waals surface area contributed by atoms with Crippen LogP contribution in [0, 0.1) is 5.82 Å². The number of aromatic nitrogens is 2. The highest BCUT2D eigenvalue weighted by Crippen LogP contribution is 2.30. The summed E-state index contributed by atoms with van der Waals surface area (Å²) in [5, 5.41) is 14.3. The zero-order valence-corrected chi connectivity index (χ0v) is 13.0. The van der Waals surface area contributed by atoms with E-state index in [0.29, 0.717) is 28.9 Å².